The van der Waals surface area contributed by atoms with Crippen molar-refractivity contribution in [3.05, 3.63) is 71.5 Å². The summed E-state index contributed by atoms with van der Waals surface area (Å²) in [6.07, 6.45) is -3.44. The van der Waals surface area contributed by atoms with Crippen LogP contribution in [0.4, 0.5) is 13.2 Å². The second-order valence-corrected chi connectivity index (χ2v) is 11.7. The van der Waals surface area contributed by atoms with Gasteiger partial charge in [0.25, 0.3) is 10.0 Å². The number of carboxylic acids is 2. The molecule has 0 bridgehead atoms. The zero-order valence-electron chi connectivity index (χ0n) is 21.4. The monoisotopic (exact) mass is 675 g/mol. The molecule has 1 unspecified atom stereocenters. The van der Waals surface area contributed by atoms with Crippen LogP contribution in [0.25, 0.3) is 11.0 Å². The minimum absolute atomic E-state index is 0. The standard InChI is InChI=1S/C25H20F3N3O9S2.2Na.2H/c1-14-18(29-9-8-20(14)40-13-25(26,27)28)12-41(36)24-30-17-4-2-3-5-19(17)31(24)42(37,38)15-6-7-21(39-11-22(32)33)16(10-15)23(34)35;;;;/h2-10H,11-13H2,1H3,(H,32,33)(H,34,35);;;;. The van der Waals surface area contributed by atoms with Gasteiger partial charge in [-0.05, 0) is 43.3 Å². The quantitative estimate of drug-likeness (QED) is 0.176. The van der Waals surface area contributed by atoms with Crippen molar-refractivity contribution in [3.63, 3.8) is 0 Å². The number of aliphatic carboxylic acids is 1. The number of para-hydroxylation sites is 2. The SMILES string of the molecule is Cc1c(OCC(F)(F)F)ccnc1C[S+]([O-])c1nc2ccccc2n1S(=O)(=O)c1ccc(OCC(=O)O)c(C(=O)O)c1.[NaH].[NaH]. The number of hydrogen-bond donors (Lipinski definition) is 2. The maximum absolute atomic E-state index is 13.9. The molecule has 0 aliphatic rings. The van der Waals surface area contributed by atoms with E-state index in [0.29, 0.717) is 3.97 Å². The van der Waals surface area contributed by atoms with Crippen molar-refractivity contribution in [2.75, 3.05) is 13.2 Å². The van der Waals surface area contributed by atoms with Crippen molar-refractivity contribution < 1.29 is 55.4 Å². The van der Waals surface area contributed by atoms with E-state index < -0.39 is 79.6 Å². The second kappa shape index (κ2) is 15.3. The molecule has 0 saturated carbocycles. The Morgan fingerprint density at radius 1 is 1.05 bits per heavy atom. The van der Waals surface area contributed by atoms with Crippen LogP contribution in [0.5, 0.6) is 11.5 Å². The number of aromatic nitrogens is 3. The Labute approximate surface area is 295 Å². The van der Waals surface area contributed by atoms with Crippen LogP contribution in [-0.2, 0) is 31.7 Å². The summed E-state index contributed by atoms with van der Waals surface area (Å²) in [4.78, 5) is 30.4. The molecular weight excluding hydrogens is 653 g/mol. The Morgan fingerprint density at radius 3 is 2.36 bits per heavy atom. The van der Waals surface area contributed by atoms with Gasteiger partial charge in [-0.25, -0.2) is 18.0 Å². The zero-order valence-corrected chi connectivity index (χ0v) is 23.0. The molecule has 19 heteroatoms. The summed E-state index contributed by atoms with van der Waals surface area (Å²) in [5.41, 5.74) is -0.271. The summed E-state index contributed by atoms with van der Waals surface area (Å²) in [6, 6.07) is 9.86. The summed E-state index contributed by atoms with van der Waals surface area (Å²) in [5.74, 6) is -3.97. The molecule has 4 rings (SSSR count). The molecule has 0 aliphatic carbocycles. The van der Waals surface area contributed by atoms with E-state index in [9.17, 15) is 40.8 Å². The average Bonchev–Trinajstić information content (AvgIpc) is 3.32. The van der Waals surface area contributed by atoms with Gasteiger partial charge < -0.3 is 24.2 Å². The fourth-order valence-electron chi connectivity index (χ4n) is 3.77. The fraction of sp³-hybridized carbons (Fsp3) is 0.200. The first-order valence-corrected chi connectivity index (χ1v) is 14.4. The molecular formula is C25H22F3N3Na2O9S2. The Hall–Kier alpha value is -2.35. The van der Waals surface area contributed by atoms with E-state index in [2.05, 4.69) is 9.97 Å². The molecule has 2 aromatic carbocycles. The third-order valence-electron chi connectivity index (χ3n) is 5.68. The molecule has 12 nitrogen and oxygen atoms in total. The van der Waals surface area contributed by atoms with Gasteiger partial charge in [-0.2, -0.15) is 22.1 Å². The molecule has 2 heterocycles. The predicted octanol–water partition coefficient (Wildman–Crippen LogP) is 2.09. The van der Waals surface area contributed by atoms with Crippen LogP contribution in [0.3, 0.4) is 0 Å². The topological polar surface area (TPSA) is 181 Å². The number of rotatable bonds is 11. The van der Waals surface area contributed by atoms with Gasteiger partial charge in [0, 0.05) is 22.9 Å². The van der Waals surface area contributed by atoms with Crippen LogP contribution in [0.15, 0.2) is 64.8 Å². The number of carbonyl (C=O) groups is 2. The zero-order chi connectivity index (χ0) is 30.8. The third-order valence-corrected chi connectivity index (χ3v) is 8.72. The van der Waals surface area contributed by atoms with Crippen molar-refractivity contribution in [2.45, 2.75) is 28.9 Å². The van der Waals surface area contributed by atoms with Crippen LogP contribution in [0.1, 0.15) is 21.6 Å². The van der Waals surface area contributed by atoms with Gasteiger partial charge in [-0.3, -0.25) is 4.98 Å². The van der Waals surface area contributed by atoms with Gasteiger partial charge in [0.1, 0.15) is 17.1 Å². The first-order valence-electron chi connectivity index (χ1n) is 11.7. The fourth-order valence-corrected chi connectivity index (χ4v) is 6.85. The Morgan fingerprint density at radius 2 is 1.73 bits per heavy atom. The van der Waals surface area contributed by atoms with Crippen LogP contribution >= 0.6 is 0 Å². The van der Waals surface area contributed by atoms with Gasteiger partial charge in [-0.15, -0.1) is 0 Å². The number of pyridine rings is 1. The molecule has 0 saturated heterocycles. The van der Waals surface area contributed by atoms with Gasteiger partial charge in [-0.1, -0.05) is 12.1 Å². The Balaban J connectivity index is 0.00000337. The maximum atomic E-state index is 13.9. The third kappa shape index (κ3) is 8.67. The molecule has 0 aliphatic heterocycles. The van der Waals surface area contributed by atoms with E-state index in [4.69, 9.17) is 14.6 Å². The Bertz CT molecular complexity index is 1790. The first kappa shape index (κ1) is 37.8. The number of ether oxygens (including phenoxy) is 2. The average molecular weight is 676 g/mol. The molecule has 44 heavy (non-hydrogen) atoms. The number of fused-ring (bicyclic) bond motifs is 1. The summed E-state index contributed by atoms with van der Waals surface area (Å²) in [7, 11) is -4.68. The van der Waals surface area contributed by atoms with Crippen molar-refractivity contribution >= 4 is 103 Å². The van der Waals surface area contributed by atoms with E-state index >= 15 is 0 Å². The summed E-state index contributed by atoms with van der Waals surface area (Å²) in [6.45, 7) is -1.03. The van der Waals surface area contributed by atoms with Gasteiger partial charge in [0.2, 0.25) is 0 Å². The molecule has 226 valence electrons. The molecule has 4 aromatic rings. The van der Waals surface area contributed by atoms with Crippen molar-refractivity contribution in [1.29, 1.82) is 0 Å². The summed E-state index contributed by atoms with van der Waals surface area (Å²) < 4.78 is 89.7. The number of carboxylic acid groups (broad SMARTS) is 2. The number of aromatic carboxylic acids is 1. The van der Waals surface area contributed by atoms with E-state index in [-0.39, 0.29) is 87.2 Å². The second-order valence-electron chi connectivity index (χ2n) is 8.57. The van der Waals surface area contributed by atoms with Crippen LogP contribution in [0, 0.1) is 6.92 Å². The Kier molecular flexibility index (Phi) is 13.1. The molecule has 0 radical (unpaired) electrons. The van der Waals surface area contributed by atoms with E-state index in [0.717, 1.165) is 24.4 Å². The van der Waals surface area contributed by atoms with Gasteiger partial charge in [0.05, 0.1) is 21.6 Å². The van der Waals surface area contributed by atoms with Crippen LogP contribution in [-0.4, -0.2) is 128 Å². The van der Waals surface area contributed by atoms with E-state index in [1.54, 1.807) is 6.07 Å². The van der Waals surface area contributed by atoms with Gasteiger partial charge in [0.15, 0.2) is 19.0 Å². The number of benzene rings is 2. The summed E-state index contributed by atoms with van der Waals surface area (Å²) >= 11 is -2.24. The molecule has 0 fully saturated rings. The van der Waals surface area contributed by atoms with E-state index in [1.807, 2.05) is 0 Å². The molecule has 1 atom stereocenters. The molecule has 0 spiro atoms. The number of alkyl halides is 3. The van der Waals surface area contributed by atoms with Crippen LogP contribution in [0.2, 0.25) is 0 Å². The van der Waals surface area contributed by atoms with Crippen molar-refractivity contribution in [1.82, 2.24) is 13.9 Å². The van der Waals surface area contributed by atoms with Crippen molar-refractivity contribution in [2.24, 2.45) is 0 Å². The normalized spacial score (nSPS) is 12.1. The first-order chi connectivity index (χ1) is 19.7. The molecule has 2 aromatic heterocycles. The predicted molar refractivity (Wildman–Crippen MR) is 154 cm³/mol. The van der Waals surface area contributed by atoms with Gasteiger partial charge >= 0.3 is 82.4 Å². The van der Waals surface area contributed by atoms with E-state index in [1.165, 1.54) is 31.2 Å². The number of nitrogens with zero attached hydrogens (tertiary/aromatic N) is 3. The number of halogens is 3. The molecule has 0 amide bonds. The minimum atomic E-state index is -4.68. The van der Waals surface area contributed by atoms with Crippen LogP contribution < -0.4 is 9.47 Å². The summed E-state index contributed by atoms with van der Waals surface area (Å²) in [5, 5.41) is 18.0. The molecule has 2 N–H and O–H groups in total. The number of hydrogen-bond acceptors (Lipinski definition) is 9. The number of imidazole rings is 1. The van der Waals surface area contributed by atoms with Crippen molar-refractivity contribution in [3.8, 4) is 11.5 Å².